The number of nitrogens with zero attached hydrogens (tertiary/aromatic N) is 1. The van der Waals surface area contributed by atoms with Crippen LogP contribution in [0.3, 0.4) is 0 Å². The van der Waals surface area contributed by atoms with Crippen LogP contribution in [0.1, 0.15) is 18.9 Å². The first-order chi connectivity index (χ1) is 8.55. The third kappa shape index (κ3) is 3.23. The van der Waals surface area contributed by atoms with Crippen LogP contribution in [0.2, 0.25) is 0 Å². The first kappa shape index (κ1) is 14.5. The Balaban J connectivity index is 2.85. The molecule has 0 heterocycles. The lowest BCUT2D eigenvalue weighted by Crippen LogP contribution is -2.38. The number of rotatable bonds is 5. The molecule has 1 atom stereocenters. The van der Waals surface area contributed by atoms with Gasteiger partial charge in [-0.25, -0.2) is 4.79 Å². The number of amides is 1. The Kier molecular flexibility index (Phi) is 5.16. The topological polar surface area (TPSA) is 49.8 Å². The average molecular weight is 251 g/mol. The van der Waals surface area contributed by atoms with E-state index in [0.717, 1.165) is 5.56 Å². The molecule has 4 nitrogen and oxygen atoms in total. The van der Waals surface area contributed by atoms with Crippen molar-refractivity contribution >= 4 is 6.09 Å². The van der Waals surface area contributed by atoms with Crippen molar-refractivity contribution in [2.24, 2.45) is 0 Å². The molecule has 0 aliphatic rings. The van der Waals surface area contributed by atoms with Gasteiger partial charge in [-0.15, -0.1) is 0 Å². The van der Waals surface area contributed by atoms with E-state index in [0.29, 0.717) is 6.42 Å². The summed E-state index contributed by atoms with van der Waals surface area (Å²) in [5.74, 6) is 0. The summed E-state index contributed by atoms with van der Waals surface area (Å²) in [7, 11) is 3.27. The van der Waals surface area contributed by atoms with E-state index in [1.165, 1.54) is 4.90 Å². The van der Waals surface area contributed by atoms with E-state index in [1.54, 1.807) is 14.1 Å². The predicted octanol–water partition coefficient (Wildman–Crippen LogP) is 2.02. The van der Waals surface area contributed by atoms with Crippen LogP contribution < -0.4 is 0 Å². The highest BCUT2D eigenvalue weighted by Gasteiger charge is 2.31. The Bertz CT molecular complexity index is 372. The lowest BCUT2D eigenvalue weighted by molar-refractivity contribution is 0.0659. The van der Waals surface area contributed by atoms with Gasteiger partial charge in [-0.2, -0.15) is 0 Å². The van der Waals surface area contributed by atoms with Crippen LogP contribution in [0.15, 0.2) is 30.3 Å². The first-order valence-corrected chi connectivity index (χ1v) is 6.06. The molecule has 0 saturated carbocycles. The van der Waals surface area contributed by atoms with Gasteiger partial charge in [0.2, 0.25) is 0 Å². The fourth-order valence-electron chi connectivity index (χ4n) is 1.76. The average Bonchev–Trinajstić information content (AvgIpc) is 2.41. The molecular formula is C14H21NO3. The lowest BCUT2D eigenvalue weighted by atomic mass is 9.79. The summed E-state index contributed by atoms with van der Waals surface area (Å²) in [5.41, 5.74) is 0.467. The minimum atomic E-state index is -0.521. The molecule has 0 bridgehead atoms. The summed E-state index contributed by atoms with van der Waals surface area (Å²) in [5, 5.41) is 9.68. The van der Waals surface area contributed by atoms with E-state index in [-0.39, 0.29) is 13.2 Å². The smallest absolute Gasteiger partial charge is 0.409 e. The van der Waals surface area contributed by atoms with E-state index in [1.807, 2.05) is 37.3 Å². The molecule has 0 aliphatic heterocycles. The maximum atomic E-state index is 11.5. The quantitative estimate of drug-likeness (QED) is 0.871. The number of carbonyl (C=O) groups excluding carboxylic acids is 1. The molecule has 1 N–H and O–H groups in total. The number of aliphatic hydroxyl groups excluding tert-OH is 1. The van der Waals surface area contributed by atoms with E-state index < -0.39 is 11.5 Å². The number of hydrogen-bond acceptors (Lipinski definition) is 3. The van der Waals surface area contributed by atoms with Gasteiger partial charge >= 0.3 is 6.09 Å². The van der Waals surface area contributed by atoms with Crippen LogP contribution in [0.25, 0.3) is 0 Å². The second-order valence-electron chi connectivity index (χ2n) is 4.61. The van der Waals surface area contributed by atoms with Gasteiger partial charge in [0.15, 0.2) is 0 Å². The minimum absolute atomic E-state index is 0.0474. The van der Waals surface area contributed by atoms with Crippen LogP contribution in [0.4, 0.5) is 4.79 Å². The van der Waals surface area contributed by atoms with Crippen molar-refractivity contribution in [2.45, 2.75) is 18.8 Å². The second kappa shape index (κ2) is 6.40. The Morgan fingerprint density at radius 1 is 1.33 bits per heavy atom. The highest BCUT2D eigenvalue weighted by Crippen LogP contribution is 2.28. The molecule has 100 valence electrons. The predicted molar refractivity (Wildman–Crippen MR) is 70.5 cm³/mol. The van der Waals surface area contributed by atoms with Gasteiger partial charge in [-0.1, -0.05) is 37.3 Å². The molecule has 1 unspecified atom stereocenters. The molecule has 1 rings (SSSR count). The number of aliphatic hydroxyl groups is 1. The molecule has 0 spiro atoms. The third-order valence-electron chi connectivity index (χ3n) is 3.20. The summed E-state index contributed by atoms with van der Waals surface area (Å²) in [6.07, 6.45) is 0.311. The van der Waals surface area contributed by atoms with Crippen LogP contribution in [-0.2, 0) is 10.2 Å². The first-order valence-electron chi connectivity index (χ1n) is 6.06. The van der Waals surface area contributed by atoms with Crippen LogP contribution in [-0.4, -0.2) is 43.4 Å². The van der Waals surface area contributed by atoms with E-state index in [4.69, 9.17) is 4.74 Å². The molecule has 1 aromatic carbocycles. The fourth-order valence-corrected chi connectivity index (χ4v) is 1.76. The van der Waals surface area contributed by atoms with Gasteiger partial charge in [-0.3, -0.25) is 0 Å². The maximum absolute atomic E-state index is 11.5. The van der Waals surface area contributed by atoms with Crippen molar-refractivity contribution in [3.8, 4) is 0 Å². The van der Waals surface area contributed by atoms with Crippen molar-refractivity contribution in [1.29, 1.82) is 0 Å². The summed E-state index contributed by atoms with van der Waals surface area (Å²) >= 11 is 0. The molecule has 0 saturated heterocycles. The van der Waals surface area contributed by atoms with Crippen molar-refractivity contribution in [3.05, 3.63) is 35.9 Å². The number of benzene rings is 1. The van der Waals surface area contributed by atoms with Gasteiger partial charge in [0.1, 0.15) is 6.61 Å². The summed E-state index contributed by atoms with van der Waals surface area (Å²) in [6, 6.07) is 9.66. The van der Waals surface area contributed by atoms with Gasteiger partial charge in [-0.05, 0) is 12.0 Å². The fraction of sp³-hybridized carbons (Fsp3) is 0.500. The zero-order chi connectivity index (χ0) is 13.6. The van der Waals surface area contributed by atoms with Crippen molar-refractivity contribution in [2.75, 3.05) is 27.3 Å². The SMILES string of the molecule is CCC(CO)(COC(=O)N(C)C)c1ccccc1. The minimum Gasteiger partial charge on any atom is -0.448 e. The molecule has 0 fully saturated rings. The summed E-state index contributed by atoms with van der Waals surface area (Å²) in [6.45, 7) is 2.11. The number of hydrogen-bond donors (Lipinski definition) is 1. The molecule has 1 amide bonds. The summed E-state index contributed by atoms with van der Waals surface area (Å²) < 4.78 is 5.23. The van der Waals surface area contributed by atoms with Crippen LogP contribution >= 0.6 is 0 Å². The number of carbonyl (C=O) groups is 1. The normalized spacial score (nSPS) is 13.8. The van der Waals surface area contributed by atoms with Crippen molar-refractivity contribution in [1.82, 2.24) is 4.90 Å². The number of ether oxygens (including phenoxy) is 1. The molecule has 18 heavy (non-hydrogen) atoms. The van der Waals surface area contributed by atoms with Crippen LogP contribution in [0, 0.1) is 0 Å². The molecule has 1 aromatic rings. The van der Waals surface area contributed by atoms with Gasteiger partial charge in [0.05, 0.1) is 12.0 Å². The molecule has 0 radical (unpaired) electrons. The standard InChI is InChI=1S/C14H21NO3/c1-4-14(10-16,11-18-13(17)15(2)3)12-8-6-5-7-9-12/h5-9,16H,4,10-11H2,1-3H3. The Labute approximate surface area is 108 Å². The molecule has 0 aliphatic carbocycles. The largest absolute Gasteiger partial charge is 0.448 e. The molecule has 0 aromatic heterocycles. The molecular weight excluding hydrogens is 230 g/mol. The van der Waals surface area contributed by atoms with Crippen molar-refractivity contribution < 1.29 is 14.6 Å². The Morgan fingerprint density at radius 3 is 2.39 bits per heavy atom. The lowest BCUT2D eigenvalue weighted by Gasteiger charge is -2.31. The Morgan fingerprint density at radius 2 is 1.94 bits per heavy atom. The highest BCUT2D eigenvalue weighted by molar-refractivity contribution is 5.66. The zero-order valence-electron chi connectivity index (χ0n) is 11.2. The van der Waals surface area contributed by atoms with Gasteiger partial charge < -0.3 is 14.7 Å². The van der Waals surface area contributed by atoms with Crippen LogP contribution in [0.5, 0.6) is 0 Å². The molecule has 4 heteroatoms. The van der Waals surface area contributed by atoms with E-state index >= 15 is 0 Å². The highest BCUT2D eigenvalue weighted by atomic mass is 16.6. The third-order valence-corrected chi connectivity index (χ3v) is 3.20. The monoisotopic (exact) mass is 251 g/mol. The van der Waals surface area contributed by atoms with Gasteiger partial charge in [0.25, 0.3) is 0 Å². The van der Waals surface area contributed by atoms with Crippen molar-refractivity contribution in [3.63, 3.8) is 0 Å². The maximum Gasteiger partial charge on any atom is 0.409 e. The zero-order valence-corrected chi connectivity index (χ0v) is 11.2. The van der Waals surface area contributed by atoms with Gasteiger partial charge in [0, 0.05) is 14.1 Å². The van der Waals surface area contributed by atoms with E-state index in [9.17, 15) is 9.90 Å². The summed E-state index contributed by atoms with van der Waals surface area (Å²) in [4.78, 5) is 12.9. The Hall–Kier alpha value is -1.55. The van der Waals surface area contributed by atoms with E-state index in [2.05, 4.69) is 0 Å². The second-order valence-corrected chi connectivity index (χ2v) is 4.61.